The fourth-order valence-corrected chi connectivity index (χ4v) is 2.40. The van der Waals surface area contributed by atoms with E-state index in [1.54, 1.807) is 13.8 Å². The Morgan fingerprint density at radius 2 is 1.68 bits per heavy atom. The van der Waals surface area contributed by atoms with E-state index in [4.69, 9.17) is 28.7 Å². The average Bonchev–Trinajstić information content (AvgIpc) is 2.45. The lowest BCUT2D eigenvalue weighted by atomic mass is 10.0. The highest BCUT2D eigenvalue weighted by Gasteiger charge is 2.56. The van der Waals surface area contributed by atoms with Gasteiger partial charge < -0.3 is 18.9 Å². The molecule has 0 amide bonds. The largest absolute Gasteiger partial charge is 0.349 e. The molecule has 0 saturated carbocycles. The lowest BCUT2D eigenvalue weighted by molar-refractivity contribution is -0.447. The SMILES string of the molecule is CO[C@]1(C)O[C@@H](CN=[N+]=[N-])[C@H](COS(C)(=O)=O)O[C@@]1(C)OC. The molecule has 0 aliphatic carbocycles. The number of hydrogen-bond acceptors (Lipinski definition) is 8. The van der Waals surface area contributed by atoms with Crippen molar-refractivity contribution in [3.63, 3.8) is 0 Å². The molecule has 0 radical (unpaired) electrons. The molecule has 128 valence electrons. The van der Waals surface area contributed by atoms with Crippen LogP contribution in [0.1, 0.15) is 13.8 Å². The molecule has 1 fully saturated rings. The van der Waals surface area contributed by atoms with Gasteiger partial charge in [0.05, 0.1) is 25.5 Å². The van der Waals surface area contributed by atoms with Crippen LogP contribution >= 0.6 is 0 Å². The molecule has 1 aliphatic rings. The predicted molar refractivity (Wildman–Crippen MR) is 75.4 cm³/mol. The van der Waals surface area contributed by atoms with Crippen LogP contribution in [0.25, 0.3) is 10.4 Å². The molecule has 1 rings (SSSR count). The van der Waals surface area contributed by atoms with Crippen molar-refractivity contribution in [2.24, 2.45) is 5.11 Å². The van der Waals surface area contributed by atoms with Crippen molar-refractivity contribution in [3.8, 4) is 0 Å². The summed E-state index contributed by atoms with van der Waals surface area (Å²) in [5.74, 6) is -2.58. The summed E-state index contributed by atoms with van der Waals surface area (Å²) in [5, 5.41) is 3.44. The van der Waals surface area contributed by atoms with Crippen LogP contribution in [0.3, 0.4) is 0 Å². The Balaban J connectivity index is 3.02. The quantitative estimate of drug-likeness (QED) is 0.290. The lowest BCUT2D eigenvalue weighted by Gasteiger charge is -2.51. The van der Waals surface area contributed by atoms with E-state index in [0.717, 1.165) is 6.26 Å². The molecule has 1 heterocycles. The van der Waals surface area contributed by atoms with Crippen LogP contribution in [-0.2, 0) is 33.2 Å². The number of ether oxygens (including phenoxy) is 4. The average molecular weight is 339 g/mol. The van der Waals surface area contributed by atoms with Crippen LogP contribution in [0, 0.1) is 0 Å². The first-order chi connectivity index (χ1) is 10.1. The lowest BCUT2D eigenvalue weighted by Crippen LogP contribution is -2.66. The molecule has 0 unspecified atom stereocenters. The molecule has 0 bridgehead atoms. The third-order valence-corrected chi connectivity index (χ3v) is 4.11. The number of azide groups is 1. The van der Waals surface area contributed by atoms with Crippen molar-refractivity contribution >= 4 is 10.1 Å². The molecule has 0 spiro atoms. The van der Waals surface area contributed by atoms with Crippen molar-refractivity contribution < 1.29 is 31.5 Å². The summed E-state index contributed by atoms with van der Waals surface area (Å²) in [5.41, 5.74) is 8.46. The first-order valence-corrected chi connectivity index (χ1v) is 8.23. The monoisotopic (exact) mass is 339 g/mol. The van der Waals surface area contributed by atoms with Gasteiger partial charge in [-0.1, -0.05) is 5.11 Å². The summed E-state index contributed by atoms with van der Waals surface area (Å²) in [4.78, 5) is 2.66. The van der Waals surface area contributed by atoms with Gasteiger partial charge in [0.25, 0.3) is 10.1 Å². The van der Waals surface area contributed by atoms with E-state index in [2.05, 4.69) is 10.0 Å². The zero-order chi connectivity index (χ0) is 17.0. The van der Waals surface area contributed by atoms with E-state index in [0.29, 0.717) is 0 Å². The van der Waals surface area contributed by atoms with Crippen LogP contribution in [-0.4, -0.2) is 65.8 Å². The Kier molecular flexibility index (Phi) is 6.16. The third-order valence-electron chi connectivity index (χ3n) is 3.54. The van der Waals surface area contributed by atoms with Gasteiger partial charge in [-0.05, 0) is 19.4 Å². The van der Waals surface area contributed by atoms with Crippen molar-refractivity contribution in [1.29, 1.82) is 0 Å². The number of hydrogen-bond donors (Lipinski definition) is 0. The molecule has 0 N–H and O–H groups in total. The minimum Gasteiger partial charge on any atom is -0.349 e. The molecule has 11 heteroatoms. The summed E-state index contributed by atoms with van der Waals surface area (Å²) in [6.45, 7) is 2.82. The number of rotatable bonds is 7. The van der Waals surface area contributed by atoms with Gasteiger partial charge in [0.15, 0.2) is 0 Å². The van der Waals surface area contributed by atoms with Crippen LogP contribution in [0.5, 0.6) is 0 Å². The molecular formula is C11H21N3O7S. The highest BCUT2D eigenvalue weighted by Crippen LogP contribution is 2.39. The zero-order valence-electron chi connectivity index (χ0n) is 13.2. The summed E-state index contributed by atoms with van der Waals surface area (Å²) in [7, 11) is -0.836. The zero-order valence-corrected chi connectivity index (χ0v) is 14.0. The Bertz CT molecular complexity index is 536. The van der Waals surface area contributed by atoms with E-state index >= 15 is 0 Å². The second-order valence-electron chi connectivity index (χ2n) is 5.01. The third kappa shape index (κ3) is 4.29. The fourth-order valence-electron chi connectivity index (χ4n) is 2.01. The maximum absolute atomic E-state index is 11.2. The highest BCUT2D eigenvalue weighted by molar-refractivity contribution is 7.85. The van der Waals surface area contributed by atoms with Crippen LogP contribution in [0.4, 0.5) is 0 Å². The topological polar surface area (TPSA) is 129 Å². The minimum atomic E-state index is -3.66. The summed E-state index contributed by atoms with van der Waals surface area (Å²) in [6, 6.07) is 0. The first-order valence-electron chi connectivity index (χ1n) is 6.42. The second-order valence-corrected chi connectivity index (χ2v) is 6.66. The maximum Gasteiger partial charge on any atom is 0.264 e. The second kappa shape index (κ2) is 7.09. The van der Waals surface area contributed by atoms with E-state index in [1.807, 2.05) is 0 Å². The van der Waals surface area contributed by atoms with Gasteiger partial charge >= 0.3 is 0 Å². The fraction of sp³-hybridized carbons (Fsp3) is 1.00. The van der Waals surface area contributed by atoms with Gasteiger partial charge in [0, 0.05) is 19.1 Å². The van der Waals surface area contributed by atoms with Crippen molar-refractivity contribution in [2.75, 3.05) is 33.6 Å². The van der Waals surface area contributed by atoms with E-state index < -0.39 is 33.9 Å². The molecule has 1 aliphatic heterocycles. The summed E-state index contributed by atoms with van der Waals surface area (Å²) < 4.78 is 49.3. The molecule has 22 heavy (non-hydrogen) atoms. The molecule has 0 aromatic carbocycles. The van der Waals surface area contributed by atoms with Crippen LogP contribution < -0.4 is 0 Å². The van der Waals surface area contributed by atoms with Gasteiger partial charge in [-0.15, -0.1) is 0 Å². The van der Waals surface area contributed by atoms with Gasteiger partial charge in [-0.2, -0.15) is 8.42 Å². The maximum atomic E-state index is 11.2. The normalized spacial score (nSPS) is 35.9. The van der Waals surface area contributed by atoms with Gasteiger partial charge in [0.1, 0.15) is 6.10 Å². The summed E-state index contributed by atoms with van der Waals surface area (Å²) >= 11 is 0. The molecule has 0 aromatic heterocycles. The number of methoxy groups -OCH3 is 2. The van der Waals surface area contributed by atoms with Gasteiger partial charge in [0.2, 0.25) is 11.6 Å². The predicted octanol–water partition coefficient (Wildman–Crippen LogP) is 0.782. The van der Waals surface area contributed by atoms with Crippen LogP contribution in [0.2, 0.25) is 0 Å². The van der Waals surface area contributed by atoms with Crippen molar-refractivity contribution in [3.05, 3.63) is 10.4 Å². The van der Waals surface area contributed by atoms with E-state index in [9.17, 15) is 8.42 Å². The van der Waals surface area contributed by atoms with Crippen LogP contribution in [0.15, 0.2) is 5.11 Å². The van der Waals surface area contributed by atoms with Gasteiger partial charge in [-0.3, -0.25) is 4.18 Å². The first kappa shape index (κ1) is 19.1. The molecular weight excluding hydrogens is 318 g/mol. The summed E-state index contributed by atoms with van der Waals surface area (Å²) in [6.07, 6.45) is -0.660. The minimum absolute atomic E-state index is 0.0764. The highest BCUT2D eigenvalue weighted by atomic mass is 32.2. The Morgan fingerprint density at radius 3 is 2.09 bits per heavy atom. The molecule has 10 nitrogen and oxygen atoms in total. The molecule has 4 atom stereocenters. The standard InChI is InChI=1S/C11H21N3O7S/c1-10(17-3)11(2,18-4)21-9(7-19-22(5,15)16)8(20-10)6-13-14-12/h8-9H,6-7H2,1-5H3/t8-,9-,10+,11+/m0/s1. The van der Waals surface area contributed by atoms with E-state index in [-0.39, 0.29) is 13.2 Å². The van der Waals surface area contributed by atoms with Gasteiger partial charge in [-0.25, -0.2) is 0 Å². The number of nitrogens with zero attached hydrogens (tertiary/aromatic N) is 3. The Morgan fingerprint density at radius 1 is 1.18 bits per heavy atom. The molecule has 0 aromatic rings. The molecule has 1 saturated heterocycles. The Hall–Kier alpha value is -0.940. The van der Waals surface area contributed by atoms with E-state index in [1.165, 1.54) is 14.2 Å². The van der Waals surface area contributed by atoms with Crippen molar-refractivity contribution in [2.45, 2.75) is 37.6 Å². The smallest absolute Gasteiger partial charge is 0.264 e. The Labute approximate surface area is 129 Å². The van der Waals surface area contributed by atoms with Crippen molar-refractivity contribution in [1.82, 2.24) is 0 Å².